The van der Waals surface area contributed by atoms with Gasteiger partial charge < -0.3 is 24.2 Å². The van der Waals surface area contributed by atoms with E-state index in [4.69, 9.17) is 14.2 Å². The molecular formula is C32H26N2O6. The third-order valence-corrected chi connectivity index (χ3v) is 6.88. The van der Waals surface area contributed by atoms with Crippen molar-refractivity contribution in [2.45, 2.75) is 19.2 Å². The molecule has 1 fully saturated rings. The van der Waals surface area contributed by atoms with Crippen LogP contribution in [0.5, 0.6) is 17.2 Å². The molecule has 2 aliphatic rings. The second-order valence-electron chi connectivity index (χ2n) is 9.49. The predicted molar refractivity (Wildman–Crippen MR) is 147 cm³/mol. The van der Waals surface area contributed by atoms with Crippen molar-refractivity contribution in [2.24, 2.45) is 0 Å². The number of aliphatic hydroxyl groups excluding tert-OH is 1. The quantitative estimate of drug-likeness (QED) is 0.201. The standard InChI is InChI=1S/C32H26N2O6/c35-30(24-10-13-26-27(17-24)39-16-15-38-26)28-29(34(32(37)31(28)36)19-22-7-4-14-33-18-22)23-8-11-25(12-9-23)40-20-21-5-2-1-3-6-21/h1-14,17-18,29,35H,15-16,19-20H2. The summed E-state index contributed by atoms with van der Waals surface area (Å²) in [6.45, 7) is 1.37. The largest absolute Gasteiger partial charge is 0.507 e. The van der Waals surface area contributed by atoms with E-state index in [0.29, 0.717) is 48.2 Å². The number of carbonyl (C=O) groups excluding carboxylic acids is 2. The molecule has 8 nitrogen and oxygen atoms in total. The van der Waals surface area contributed by atoms with Crippen LogP contribution in [0.2, 0.25) is 0 Å². The Balaban J connectivity index is 1.37. The number of hydrogen-bond donors (Lipinski definition) is 1. The summed E-state index contributed by atoms with van der Waals surface area (Å²) in [4.78, 5) is 32.4. The van der Waals surface area contributed by atoms with E-state index in [1.54, 1.807) is 48.8 Å². The number of aromatic nitrogens is 1. The first kappa shape index (κ1) is 25.2. The van der Waals surface area contributed by atoms with E-state index in [1.165, 1.54) is 4.90 Å². The minimum Gasteiger partial charge on any atom is -0.507 e. The number of Topliss-reactive ketones (excluding diaryl/α,β-unsaturated/α-hetero) is 1. The summed E-state index contributed by atoms with van der Waals surface area (Å²) in [6, 6.07) is 24.8. The Labute approximate surface area is 231 Å². The molecule has 6 rings (SSSR count). The lowest BCUT2D eigenvalue weighted by Gasteiger charge is -2.25. The summed E-state index contributed by atoms with van der Waals surface area (Å²) >= 11 is 0. The summed E-state index contributed by atoms with van der Waals surface area (Å²) in [7, 11) is 0. The minimum atomic E-state index is -0.823. The molecule has 0 saturated carbocycles. The molecule has 8 heteroatoms. The lowest BCUT2D eigenvalue weighted by atomic mass is 9.95. The first-order valence-electron chi connectivity index (χ1n) is 12.9. The number of pyridine rings is 1. The van der Waals surface area contributed by atoms with Crippen molar-refractivity contribution in [3.05, 3.63) is 125 Å². The van der Waals surface area contributed by atoms with Crippen molar-refractivity contribution in [3.8, 4) is 17.2 Å². The van der Waals surface area contributed by atoms with Gasteiger partial charge in [0.15, 0.2) is 11.5 Å². The number of aliphatic hydroxyl groups is 1. The van der Waals surface area contributed by atoms with Crippen molar-refractivity contribution in [1.82, 2.24) is 9.88 Å². The van der Waals surface area contributed by atoms with E-state index in [-0.39, 0.29) is 17.9 Å². The summed E-state index contributed by atoms with van der Waals surface area (Å²) in [5.74, 6) is -0.0658. The average molecular weight is 535 g/mol. The smallest absolute Gasteiger partial charge is 0.295 e. The van der Waals surface area contributed by atoms with E-state index in [1.807, 2.05) is 48.5 Å². The van der Waals surface area contributed by atoms with Crippen LogP contribution in [-0.4, -0.2) is 39.9 Å². The number of ether oxygens (including phenoxy) is 3. The number of amides is 1. The molecule has 3 heterocycles. The monoisotopic (exact) mass is 534 g/mol. The lowest BCUT2D eigenvalue weighted by molar-refractivity contribution is -0.140. The van der Waals surface area contributed by atoms with Gasteiger partial charge in [0.05, 0.1) is 11.6 Å². The number of benzene rings is 3. The zero-order valence-corrected chi connectivity index (χ0v) is 21.5. The Hall–Kier alpha value is -5.11. The number of fused-ring (bicyclic) bond motifs is 1. The number of carbonyl (C=O) groups is 2. The van der Waals surface area contributed by atoms with E-state index in [2.05, 4.69) is 4.98 Å². The highest BCUT2D eigenvalue weighted by Crippen LogP contribution is 2.42. The van der Waals surface area contributed by atoms with Gasteiger partial charge in [-0.2, -0.15) is 0 Å². The van der Waals surface area contributed by atoms with Gasteiger partial charge in [-0.3, -0.25) is 14.6 Å². The molecule has 40 heavy (non-hydrogen) atoms. The zero-order valence-electron chi connectivity index (χ0n) is 21.5. The van der Waals surface area contributed by atoms with Gasteiger partial charge >= 0.3 is 0 Å². The van der Waals surface area contributed by atoms with Crippen molar-refractivity contribution in [1.29, 1.82) is 0 Å². The molecule has 2 aliphatic heterocycles. The SMILES string of the molecule is O=C1C(=O)N(Cc2cccnc2)C(c2ccc(OCc3ccccc3)cc2)C1=C(O)c1ccc2c(c1)OCCO2. The van der Waals surface area contributed by atoms with Crippen LogP contribution in [0.15, 0.2) is 103 Å². The van der Waals surface area contributed by atoms with Crippen LogP contribution in [0.3, 0.4) is 0 Å². The van der Waals surface area contributed by atoms with Crippen LogP contribution < -0.4 is 14.2 Å². The normalized spacial score (nSPS) is 17.6. The average Bonchev–Trinajstić information content (AvgIpc) is 3.25. The molecule has 1 atom stereocenters. The Morgan fingerprint density at radius 2 is 1.65 bits per heavy atom. The fraction of sp³-hybridized carbons (Fsp3) is 0.156. The molecule has 0 bridgehead atoms. The van der Waals surface area contributed by atoms with E-state index in [9.17, 15) is 14.7 Å². The van der Waals surface area contributed by atoms with Gasteiger partial charge in [-0.1, -0.05) is 48.5 Å². The summed E-state index contributed by atoms with van der Waals surface area (Å²) in [5, 5.41) is 11.4. The molecule has 0 aliphatic carbocycles. The third-order valence-electron chi connectivity index (χ3n) is 6.88. The van der Waals surface area contributed by atoms with Crippen LogP contribution >= 0.6 is 0 Å². The molecule has 0 radical (unpaired) electrons. The van der Waals surface area contributed by atoms with Gasteiger partial charge in [0.1, 0.15) is 31.3 Å². The van der Waals surface area contributed by atoms with Crippen molar-refractivity contribution in [2.75, 3.05) is 13.2 Å². The molecule has 1 amide bonds. The van der Waals surface area contributed by atoms with E-state index in [0.717, 1.165) is 11.1 Å². The molecule has 200 valence electrons. The molecule has 1 N–H and O–H groups in total. The minimum absolute atomic E-state index is 0.00326. The van der Waals surface area contributed by atoms with Gasteiger partial charge in [-0.05, 0) is 53.1 Å². The Morgan fingerprint density at radius 3 is 2.40 bits per heavy atom. The zero-order chi connectivity index (χ0) is 27.5. The maximum atomic E-state index is 13.4. The van der Waals surface area contributed by atoms with Gasteiger partial charge in [-0.15, -0.1) is 0 Å². The van der Waals surface area contributed by atoms with Crippen molar-refractivity contribution in [3.63, 3.8) is 0 Å². The lowest BCUT2D eigenvalue weighted by Crippen LogP contribution is -2.29. The fourth-order valence-corrected chi connectivity index (χ4v) is 4.91. The predicted octanol–water partition coefficient (Wildman–Crippen LogP) is 5.05. The number of hydrogen-bond acceptors (Lipinski definition) is 7. The molecule has 1 unspecified atom stereocenters. The molecule has 3 aromatic carbocycles. The number of rotatable bonds is 7. The highest BCUT2D eigenvalue weighted by Gasteiger charge is 2.46. The second-order valence-corrected chi connectivity index (χ2v) is 9.49. The maximum Gasteiger partial charge on any atom is 0.295 e. The number of nitrogens with zero attached hydrogens (tertiary/aromatic N) is 2. The van der Waals surface area contributed by atoms with Crippen LogP contribution in [0.25, 0.3) is 5.76 Å². The molecule has 1 aromatic heterocycles. The topological polar surface area (TPSA) is 98.2 Å². The van der Waals surface area contributed by atoms with Gasteiger partial charge in [0.25, 0.3) is 11.7 Å². The Kier molecular flexibility index (Phi) is 6.89. The summed E-state index contributed by atoms with van der Waals surface area (Å²) in [5.41, 5.74) is 2.82. The second kappa shape index (κ2) is 10.9. The van der Waals surface area contributed by atoms with Gasteiger partial charge in [0, 0.05) is 24.5 Å². The first-order valence-corrected chi connectivity index (χ1v) is 12.9. The molecule has 0 spiro atoms. The van der Waals surface area contributed by atoms with E-state index >= 15 is 0 Å². The Morgan fingerprint density at radius 1 is 0.900 bits per heavy atom. The summed E-state index contributed by atoms with van der Waals surface area (Å²) < 4.78 is 17.2. The highest BCUT2D eigenvalue weighted by atomic mass is 16.6. The van der Waals surface area contributed by atoms with Crippen molar-refractivity contribution < 1.29 is 28.9 Å². The highest BCUT2D eigenvalue weighted by molar-refractivity contribution is 6.46. The number of likely N-dealkylation sites (tertiary alicyclic amines) is 1. The van der Waals surface area contributed by atoms with E-state index < -0.39 is 17.7 Å². The molecular weight excluding hydrogens is 508 g/mol. The molecule has 1 saturated heterocycles. The first-order chi connectivity index (χ1) is 19.6. The molecule has 4 aromatic rings. The third kappa shape index (κ3) is 4.99. The van der Waals surface area contributed by atoms with Crippen LogP contribution in [0, 0.1) is 0 Å². The fourth-order valence-electron chi connectivity index (χ4n) is 4.91. The van der Waals surface area contributed by atoms with Crippen LogP contribution in [-0.2, 0) is 22.7 Å². The van der Waals surface area contributed by atoms with Crippen LogP contribution in [0.1, 0.15) is 28.3 Å². The maximum absolute atomic E-state index is 13.4. The summed E-state index contributed by atoms with van der Waals surface area (Å²) in [6.07, 6.45) is 3.29. The van der Waals surface area contributed by atoms with Crippen LogP contribution in [0.4, 0.5) is 0 Å². The van der Waals surface area contributed by atoms with Gasteiger partial charge in [0.2, 0.25) is 0 Å². The van der Waals surface area contributed by atoms with Gasteiger partial charge in [-0.25, -0.2) is 0 Å². The number of ketones is 1. The Bertz CT molecular complexity index is 1570. The van der Waals surface area contributed by atoms with Crippen molar-refractivity contribution >= 4 is 17.4 Å².